The minimum absolute atomic E-state index is 0.166. The molecule has 0 aliphatic rings. The van der Waals surface area contributed by atoms with Crippen LogP contribution in [0.15, 0.2) is 52.5 Å². The molecule has 3 heterocycles. The van der Waals surface area contributed by atoms with Crippen LogP contribution in [-0.2, 0) is 11.3 Å². The van der Waals surface area contributed by atoms with Crippen LogP contribution in [0.1, 0.15) is 16.2 Å². The molecular formula is C18H17N7O3S. The summed E-state index contributed by atoms with van der Waals surface area (Å²) in [5.41, 5.74) is 1.28. The Labute approximate surface area is 169 Å². The van der Waals surface area contributed by atoms with Crippen molar-refractivity contribution in [3.8, 4) is 16.5 Å². The van der Waals surface area contributed by atoms with Crippen molar-refractivity contribution in [3.63, 3.8) is 0 Å². The average molecular weight is 411 g/mol. The number of rotatable bonds is 8. The number of tetrazole rings is 1. The Balaban J connectivity index is 1.50. The number of methoxy groups -OCH3 is 1. The molecule has 0 aliphatic heterocycles. The second kappa shape index (κ2) is 8.71. The van der Waals surface area contributed by atoms with Crippen molar-refractivity contribution in [2.45, 2.75) is 6.54 Å². The summed E-state index contributed by atoms with van der Waals surface area (Å²) in [7, 11) is 1.59. The minimum Gasteiger partial charge on any atom is -0.418 e. The minimum atomic E-state index is -0.166. The van der Waals surface area contributed by atoms with Gasteiger partial charge in [-0.25, -0.2) is 4.68 Å². The maximum Gasteiger partial charge on any atom is 0.257 e. The highest BCUT2D eigenvalue weighted by atomic mass is 32.1. The van der Waals surface area contributed by atoms with Crippen LogP contribution in [-0.4, -0.2) is 61.5 Å². The molecule has 3 aromatic heterocycles. The number of nitrogens with zero attached hydrogens (tertiary/aromatic N) is 7. The molecule has 1 amide bonds. The summed E-state index contributed by atoms with van der Waals surface area (Å²) >= 11 is 1.51. The zero-order valence-electron chi connectivity index (χ0n) is 15.5. The van der Waals surface area contributed by atoms with Crippen LogP contribution in [0.2, 0.25) is 0 Å². The van der Waals surface area contributed by atoms with Gasteiger partial charge in [-0.2, -0.15) is 0 Å². The quantitative estimate of drug-likeness (QED) is 0.433. The van der Waals surface area contributed by atoms with Crippen LogP contribution < -0.4 is 0 Å². The maximum absolute atomic E-state index is 13.0. The second-order valence-corrected chi connectivity index (χ2v) is 6.95. The SMILES string of the molecule is COCCN(Cc1nnc(-c2cccs2)o1)C(=O)c1ccc(-n2cnnn2)cc1. The van der Waals surface area contributed by atoms with E-state index in [4.69, 9.17) is 9.15 Å². The van der Waals surface area contributed by atoms with Crippen LogP contribution in [0.5, 0.6) is 0 Å². The fourth-order valence-electron chi connectivity index (χ4n) is 2.65. The van der Waals surface area contributed by atoms with E-state index in [1.807, 2.05) is 17.5 Å². The Morgan fingerprint density at radius 3 is 2.79 bits per heavy atom. The normalized spacial score (nSPS) is 10.9. The van der Waals surface area contributed by atoms with Crippen molar-refractivity contribution in [3.05, 3.63) is 59.6 Å². The van der Waals surface area contributed by atoms with E-state index in [1.54, 1.807) is 36.3 Å². The van der Waals surface area contributed by atoms with Crippen molar-refractivity contribution in [2.24, 2.45) is 0 Å². The Morgan fingerprint density at radius 1 is 1.24 bits per heavy atom. The van der Waals surface area contributed by atoms with Gasteiger partial charge in [-0.3, -0.25) is 4.79 Å². The lowest BCUT2D eigenvalue weighted by Crippen LogP contribution is -2.33. The van der Waals surface area contributed by atoms with Gasteiger partial charge in [0.15, 0.2) is 0 Å². The molecule has 0 bridgehead atoms. The summed E-state index contributed by atoms with van der Waals surface area (Å²) in [5.74, 6) is 0.643. The molecule has 0 spiro atoms. The van der Waals surface area contributed by atoms with Crippen LogP contribution in [0.3, 0.4) is 0 Å². The van der Waals surface area contributed by atoms with E-state index < -0.39 is 0 Å². The first-order chi connectivity index (χ1) is 14.2. The fraction of sp³-hybridized carbons (Fsp3) is 0.222. The number of amides is 1. The number of carbonyl (C=O) groups excluding carboxylic acids is 1. The predicted octanol–water partition coefficient (Wildman–Crippen LogP) is 2.06. The molecule has 0 saturated carbocycles. The number of hydrogen-bond acceptors (Lipinski definition) is 9. The molecular weight excluding hydrogens is 394 g/mol. The van der Waals surface area contributed by atoms with E-state index in [0.29, 0.717) is 30.5 Å². The molecule has 0 unspecified atom stereocenters. The highest BCUT2D eigenvalue weighted by molar-refractivity contribution is 7.13. The van der Waals surface area contributed by atoms with Crippen molar-refractivity contribution in [1.29, 1.82) is 0 Å². The van der Waals surface area contributed by atoms with Gasteiger partial charge < -0.3 is 14.1 Å². The van der Waals surface area contributed by atoms with Gasteiger partial charge in [0.25, 0.3) is 11.8 Å². The summed E-state index contributed by atoms with van der Waals surface area (Å²) in [6, 6.07) is 10.8. The Hall–Kier alpha value is -3.44. The van der Waals surface area contributed by atoms with Gasteiger partial charge in [-0.1, -0.05) is 6.07 Å². The summed E-state index contributed by atoms with van der Waals surface area (Å²) < 4.78 is 12.4. The molecule has 10 nitrogen and oxygen atoms in total. The van der Waals surface area contributed by atoms with E-state index in [2.05, 4.69) is 25.7 Å². The molecule has 148 valence electrons. The topological polar surface area (TPSA) is 112 Å². The lowest BCUT2D eigenvalue weighted by Gasteiger charge is -2.20. The molecule has 0 atom stereocenters. The summed E-state index contributed by atoms with van der Waals surface area (Å²) in [6.45, 7) is 0.969. The largest absolute Gasteiger partial charge is 0.418 e. The van der Waals surface area contributed by atoms with Gasteiger partial charge in [0.1, 0.15) is 6.33 Å². The third-order valence-corrected chi connectivity index (χ3v) is 4.96. The first kappa shape index (κ1) is 18.9. The van der Waals surface area contributed by atoms with Gasteiger partial charge >= 0.3 is 0 Å². The van der Waals surface area contributed by atoms with Crippen molar-refractivity contribution < 1.29 is 13.9 Å². The number of ether oxygens (including phenoxy) is 1. The Bertz CT molecular complexity index is 1050. The smallest absolute Gasteiger partial charge is 0.257 e. The van der Waals surface area contributed by atoms with Crippen LogP contribution in [0, 0.1) is 0 Å². The van der Waals surface area contributed by atoms with E-state index in [9.17, 15) is 4.79 Å². The average Bonchev–Trinajstić information content (AvgIpc) is 3.52. The van der Waals surface area contributed by atoms with Crippen LogP contribution >= 0.6 is 11.3 Å². The number of benzene rings is 1. The zero-order chi connectivity index (χ0) is 20.1. The predicted molar refractivity (Wildman–Crippen MR) is 103 cm³/mol. The van der Waals surface area contributed by atoms with Crippen molar-refractivity contribution in [2.75, 3.05) is 20.3 Å². The number of carbonyl (C=O) groups is 1. The molecule has 0 radical (unpaired) electrons. The molecule has 1 aromatic carbocycles. The van der Waals surface area contributed by atoms with Gasteiger partial charge in [-0.05, 0) is 46.1 Å². The molecule has 11 heteroatoms. The van der Waals surface area contributed by atoms with Crippen molar-refractivity contribution >= 4 is 17.2 Å². The Morgan fingerprint density at radius 2 is 2.10 bits per heavy atom. The molecule has 0 aliphatic carbocycles. The number of aromatic nitrogens is 6. The standard InChI is InChI=1S/C18H17N7O3S/c1-27-9-8-24(11-16-20-21-17(28-16)15-3-2-10-29-15)18(26)13-4-6-14(7-5-13)25-12-19-22-23-25/h2-7,10,12H,8-9,11H2,1H3. The summed E-state index contributed by atoms with van der Waals surface area (Å²) in [6.07, 6.45) is 1.49. The lowest BCUT2D eigenvalue weighted by atomic mass is 10.2. The second-order valence-electron chi connectivity index (χ2n) is 6.00. The summed E-state index contributed by atoms with van der Waals surface area (Å²) in [5, 5.41) is 21.1. The molecule has 29 heavy (non-hydrogen) atoms. The molecule has 4 rings (SSSR count). The monoisotopic (exact) mass is 411 g/mol. The van der Waals surface area contributed by atoms with Gasteiger partial charge in [0.2, 0.25) is 5.89 Å². The van der Waals surface area contributed by atoms with E-state index in [0.717, 1.165) is 10.6 Å². The molecule has 4 aromatic rings. The molecule has 0 fully saturated rings. The third kappa shape index (κ3) is 4.36. The maximum atomic E-state index is 13.0. The van der Waals surface area contributed by atoms with Crippen LogP contribution in [0.4, 0.5) is 0 Å². The van der Waals surface area contributed by atoms with E-state index in [-0.39, 0.29) is 12.5 Å². The van der Waals surface area contributed by atoms with Crippen LogP contribution in [0.25, 0.3) is 16.5 Å². The van der Waals surface area contributed by atoms with Crippen molar-refractivity contribution in [1.82, 2.24) is 35.3 Å². The number of thiophene rings is 1. The first-order valence-electron chi connectivity index (χ1n) is 8.72. The van der Waals surface area contributed by atoms with Gasteiger partial charge in [-0.15, -0.1) is 26.6 Å². The van der Waals surface area contributed by atoms with E-state index in [1.165, 1.54) is 22.3 Å². The highest BCUT2D eigenvalue weighted by Gasteiger charge is 2.20. The fourth-order valence-corrected chi connectivity index (χ4v) is 3.30. The third-order valence-electron chi connectivity index (χ3n) is 4.11. The first-order valence-corrected chi connectivity index (χ1v) is 9.60. The summed E-state index contributed by atoms with van der Waals surface area (Å²) in [4.78, 5) is 15.5. The number of hydrogen-bond donors (Lipinski definition) is 0. The molecule has 0 saturated heterocycles. The van der Waals surface area contributed by atoms with E-state index >= 15 is 0 Å². The Kier molecular flexibility index (Phi) is 5.68. The van der Waals surface area contributed by atoms with Gasteiger partial charge in [0.05, 0.1) is 23.7 Å². The molecule has 0 N–H and O–H groups in total. The lowest BCUT2D eigenvalue weighted by molar-refractivity contribution is 0.0663. The highest BCUT2D eigenvalue weighted by Crippen LogP contribution is 2.23. The van der Waals surface area contributed by atoms with Gasteiger partial charge in [0, 0.05) is 19.2 Å². The zero-order valence-corrected chi connectivity index (χ0v) is 16.3.